The molecule has 2 heteroatoms. The van der Waals surface area contributed by atoms with E-state index in [2.05, 4.69) is 18.9 Å². The lowest BCUT2D eigenvalue weighted by molar-refractivity contribution is 0.160. The molecule has 0 amide bonds. The van der Waals surface area contributed by atoms with Crippen LogP contribution in [0.4, 0.5) is 0 Å². The number of aliphatic hydroxyl groups excluding tert-OH is 1. The van der Waals surface area contributed by atoms with Gasteiger partial charge in [-0.2, -0.15) is 0 Å². The van der Waals surface area contributed by atoms with Crippen molar-refractivity contribution in [2.45, 2.75) is 19.4 Å². The minimum Gasteiger partial charge on any atom is -0.395 e. The predicted molar refractivity (Wildman–Crippen MR) is 37.3 cm³/mol. The second-order valence-corrected chi connectivity index (χ2v) is 3.00. The Hall–Kier alpha value is -0.0800. The summed E-state index contributed by atoms with van der Waals surface area (Å²) in [5, 5.41) is 8.87. The minimum absolute atomic E-state index is 0.317. The number of likely N-dealkylation sites (tertiary alicyclic amines) is 1. The molecule has 1 fully saturated rings. The molecule has 0 unspecified atom stereocenters. The van der Waals surface area contributed by atoms with E-state index in [0.29, 0.717) is 18.6 Å². The van der Waals surface area contributed by atoms with Gasteiger partial charge >= 0.3 is 0 Å². The smallest absolute Gasteiger partial charge is 0.0589 e. The summed E-state index contributed by atoms with van der Waals surface area (Å²) in [4.78, 5) is 2.23. The van der Waals surface area contributed by atoms with Crippen molar-refractivity contribution in [3.05, 3.63) is 0 Å². The summed E-state index contributed by atoms with van der Waals surface area (Å²) in [6, 6.07) is 0.421. The summed E-state index contributed by atoms with van der Waals surface area (Å²) in [6.07, 6.45) is 1.24. The van der Waals surface area contributed by atoms with Crippen molar-refractivity contribution >= 4 is 0 Å². The maximum Gasteiger partial charge on any atom is 0.0589 e. The van der Waals surface area contributed by atoms with Crippen LogP contribution in [0.5, 0.6) is 0 Å². The highest BCUT2D eigenvalue weighted by molar-refractivity contribution is 4.81. The Kier molecular flexibility index (Phi) is 2.09. The molecule has 0 spiro atoms. The van der Waals surface area contributed by atoms with Crippen molar-refractivity contribution in [3.8, 4) is 0 Å². The van der Waals surface area contributed by atoms with Crippen molar-refractivity contribution in [2.75, 3.05) is 20.2 Å². The average molecular weight is 129 g/mol. The van der Waals surface area contributed by atoms with E-state index in [1.165, 1.54) is 6.42 Å². The lowest BCUT2D eigenvalue weighted by Crippen LogP contribution is -2.31. The molecule has 1 rings (SSSR count). The monoisotopic (exact) mass is 129 g/mol. The van der Waals surface area contributed by atoms with Gasteiger partial charge in [-0.1, -0.05) is 6.92 Å². The fraction of sp³-hybridized carbons (Fsp3) is 1.00. The molecule has 0 aromatic heterocycles. The van der Waals surface area contributed by atoms with Crippen molar-refractivity contribution < 1.29 is 5.11 Å². The van der Waals surface area contributed by atoms with Crippen molar-refractivity contribution in [1.29, 1.82) is 0 Å². The maximum atomic E-state index is 8.87. The Labute approximate surface area is 56.5 Å². The largest absolute Gasteiger partial charge is 0.395 e. The first-order valence-corrected chi connectivity index (χ1v) is 3.57. The zero-order chi connectivity index (χ0) is 6.85. The van der Waals surface area contributed by atoms with E-state index in [1.807, 2.05) is 0 Å². The van der Waals surface area contributed by atoms with Crippen LogP contribution in [0, 0.1) is 5.92 Å². The van der Waals surface area contributed by atoms with Crippen LogP contribution in [0.1, 0.15) is 13.3 Å². The molecule has 1 heterocycles. The molecule has 54 valence electrons. The van der Waals surface area contributed by atoms with Crippen LogP contribution in [0.3, 0.4) is 0 Å². The molecular formula is C7H15NO. The molecular weight excluding hydrogens is 114 g/mol. The van der Waals surface area contributed by atoms with E-state index in [1.54, 1.807) is 0 Å². The van der Waals surface area contributed by atoms with Gasteiger partial charge in [-0.25, -0.2) is 0 Å². The Morgan fingerprint density at radius 2 is 2.33 bits per heavy atom. The normalized spacial score (nSPS) is 37.7. The van der Waals surface area contributed by atoms with E-state index in [9.17, 15) is 0 Å². The molecule has 0 aromatic rings. The molecule has 2 nitrogen and oxygen atoms in total. The Morgan fingerprint density at radius 3 is 2.56 bits per heavy atom. The first-order chi connectivity index (χ1) is 4.25. The highest BCUT2D eigenvalue weighted by Crippen LogP contribution is 2.20. The fourth-order valence-corrected chi connectivity index (χ4v) is 1.52. The fourth-order valence-electron chi connectivity index (χ4n) is 1.52. The Balaban J connectivity index is 2.44. The van der Waals surface area contributed by atoms with Crippen LogP contribution >= 0.6 is 0 Å². The Bertz CT molecular complexity index is 84.9. The summed E-state index contributed by atoms with van der Waals surface area (Å²) >= 11 is 0. The number of hydrogen-bond donors (Lipinski definition) is 1. The van der Waals surface area contributed by atoms with Gasteiger partial charge in [0, 0.05) is 6.04 Å². The van der Waals surface area contributed by atoms with Crippen molar-refractivity contribution in [2.24, 2.45) is 5.92 Å². The van der Waals surface area contributed by atoms with E-state index in [-0.39, 0.29) is 0 Å². The number of hydrogen-bond acceptors (Lipinski definition) is 2. The van der Waals surface area contributed by atoms with E-state index >= 15 is 0 Å². The van der Waals surface area contributed by atoms with Gasteiger partial charge in [-0.05, 0) is 25.9 Å². The average Bonchev–Trinajstić information content (AvgIpc) is 2.12. The third-order valence-electron chi connectivity index (χ3n) is 2.35. The highest BCUT2D eigenvalue weighted by Gasteiger charge is 2.26. The standard InChI is InChI=1S/C7H15NO/c1-6-3-4-8(2)7(6)5-9/h6-7,9H,3-5H2,1-2H3/t6-,7-/m0/s1. The molecule has 0 saturated carbocycles. The van der Waals surface area contributed by atoms with Gasteiger partial charge in [-0.3, -0.25) is 0 Å². The van der Waals surface area contributed by atoms with Gasteiger partial charge in [0.2, 0.25) is 0 Å². The molecule has 9 heavy (non-hydrogen) atoms. The number of likely N-dealkylation sites (N-methyl/N-ethyl adjacent to an activating group) is 1. The van der Waals surface area contributed by atoms with Gasteiger partial charge in [0.15, 0.2) is 0 Å². The van der Waals surface area contributed by atoms with Crippen LogP contribution in [-0.2, 0) is 0 Å². The van der Waals surface area contributed by atoms with Crippen LogP contribution in [0.2, 0.25) is 0 Å². The molecule has 1 saturated heterocycles. The van der Waals surface area contributed by atoms with Gasteiger partial charge in [0.25, 0.3) is 0 Å². The van der Waals surface area contributed by atoms with Gasteiger partial charge in [-0.15, -0.1) is 0 Å². The van der Waals surface area contributed by atoms with Crippen LogP contribution in [0.15, 0.2) is 0 Å². The lowest BCUT2D eigenvalue weighted by Gasteiger charge is -2.19. The number of aliphatic hydroxyl groups is 1. The van der Waals surface area contributed by atoms with E-state index < -0.39 is 0 Å². The van der Waals surface area contributed by atoms with Gasteiger partial charge < -0.3 is 10.0 Å². The summed E-state index contributed by atoms with van der Waals surface area (Å²) in [7, 11) is 2.07. The zero-order valence-electron chi connectivity index (χ0n) is 6.17. The molecule has 1 N–H and O–H groups in total. The molecule has 0 aliphatic carbocycles. The summed E-state index contributed by atoms with van der Waals surface area (Å²) in [5.41, 5.74) is 0. The molecule has 1 aliphatic heterocycles. The molecule has 2 atom stereocenters. The summed E-state index contributed by atoms with van der Waals surface area (Å²) in [5.74, 6) is 0.681. The SMILES string of the molecule is C[C@H]1CCN(C)[C@H]1CO. The third kappa shape index (κ3) is 1.25. The van der Waals surface area contributed by atoms with Gasteiger partial charge in [0.1, 0.15) is 0 Å². The van der Waals surface area contributed by atoms with Crippen LogP contribution in [0.25, 0.3) is 0 Å². The van der Waals surface area contributed by atoms with E-state index in [4.69, 9.17) is 5.11 Å². The summed E-state index contributed by atoms with van der Waals surface area (Å²) < 4.78 is 0. The van der Waals surface area contributed by atoms with Crippen LogP contribution in [-0.4, -0.2) is 36.2 Å². The summed E-state index contributed by atoms with van der Waals surface area (Å²) in [6.45, 7) is 3.66. The quantitative estimate of drug-likeness (QED) is 0.551. The second kappa shape index (κ2) is 2.67. The van der Waals surface area contributed by atoms with Crippen molar-refractivity contribution in [3.63, 3.8) is 0 Å². The molecule has 0 aromatic carbocycles. The topological polar surface area (TPSA) is 23.5 Å². The number of nitrogens with zero attached hydrogens (tertiary/aromatic N) is 1. The first-order valence-electron chi connectivity index (χ1n) is 3.57. The second-order valence-electron chi connectivity index (χ2n) is 3.00. The van der Waals surface area contributed by atoms with Crippen LogP contribution < -0.4 is 0 Å². The van der Waals surface area contributed by atoms with Gasteiger partial charge in [0.05, 0.1) is 6.61 Å². The Morgan fingerprint density at radius 1 is 1.67 bits per heavy atom. The molecule has 1 aliphatic rings. The van der Waals surface area contributed by atoms with E-state index in [0.717, 1.165) is 6.54 Å². The third-order valence-corrected chi connectivity index (χ3v) is 2.35. The van der Waals surface area contributed by atoms with Crippen molar-refractivity contribution in [1.82, 2.24) is 4.90 Å². The highest BCUT2D eigenvalue weighted by atomic mass is 16.3. The molecule has 0 radical (unpaired) electrons. The minimum atomic E-state index is 0.317. The maximum absolute atomic E-state index is 8.87. The first kappa shape index (κ1) is 7.03. The molecule has 0 bridgehead atoms. The lowest BCUT2D eigenvalue weighted by atomic mass is 10.0. The number of rotatable bonds is 1. The predicted octanol–water partition coefficient (Wildman–Crippen LogP) is 0.319. The zero-order valence-corrected chi connectivity index (χ0v) is 6.17.